The van der Waals surface area contributed by atoms with Gasteiger partial charge in [-0.25, -0.2) is 0 Å². The summed E-state index contributed by atoms with van der Waals surface area (Å²) in [6, 6.07) is 6.90. The highest BCUT2D eigenvalue weighted by atomic mass is 35.5. The van der Waals surface area contributed by atoms with E-state index in [1.165, 1.54) is 12.8 Å². The second-order valence-corrected chi connectivity index (χ2v) is 6.55. The summed E-state index contributed by atoms with van der Waals surface area (Å²) in [6.07, 6.45) is 5.45. The molecule has 3 nitrogen and oxygen atoms in total. The van der Waals surface area contributed by atoms with Crippen LogP contribution < -0.4 is 10.6 Å². The Labute approximate surface area is 137 Å². The fourth-order valence-electron chi connectivity index (χ4n) is 3.55. The summed E-state index contributed by atoms with van der Waals surface area (Å²) in [6.45, 7) is 1.93. The molecule has 2 bridgehead atoms. The van der Waals surface area contributed by atoms with Crippen molar-refractivity contribution in [3.8, 4) is 0 Å². The number of nitrogens with one attached hydrogen (secondary N) is 2. The summed E-state index contributed by atoms with van der Waals surface area (Å²) >= 11 is 6.08. The van der Waals surface area contributed by atoms with E-state index in [1.54, 1.807) is 0 Å². The summed E-state index contributed by atoms with van der Waals surface area (Å²) < 4.78 is 0. The van der Waals surface area contributed by atoms with E-state index in [9.17, 15) is 4.79 Å². The van der Waals surface area contributed by atoms with Crippen LogP contribution in [0.5, 0.6) is 0 Å². The first-order chi connectivity index (χ1) is 9.61. The number of rotatable bonds is 3. The first kappa shape index (κ1) is 16.6. The van der Waals surface area contributed by atoms with Gasteiger partial charge < -0.3 is 10.6 Å². The van der Waals surface area contributed by atoms with E-state index in [-0.39, 0.29) is 18.3 Å². The summed E-state index contributed by atoms with van der Waals surface area (Å²) in [7, 11) is 0. The fourth-order valence-corrected chi connectivity index (χ4v) is 3.72. The molecule has 0 aliphatic carbocycles. The molecule has 116 valence electrons. The SMILES string of the molecule is Cc1c(Cl)cccc1NC(=O)CC1CC2CCC(C1)N2.Cl. The molecule has 0 radical (unpaired) electrons. The van der Waals surface area contributed by atoms with Crippen molar-refractivity contribution in [3.63, 3.8) is 0 Å². The number of piperidine rings is 1. The molecule has 5 heteroatoms. The maximum atomic E-state index is 12.2. The molecule has 2 unspecified atom stereocenters. The van der Waals surface area contributed by atoms with Crippen molar-refractivity contribution in [2.24, 2.45) is 5.92 Å². The van der Waals surface area contributed by atoms with Crippen molar-refractivity contribution in [1.29, 1.82) is 0 Å². The van der Waals surface area contributed by atoms with Gasteiger partial charge in [0.2, 0.25) is 5.91 Å². The van der Waals surface area contributed by atoms with Crippen LogP contribution in [0, 0.1) is 12.8 Å². The van der Waals surface area contributed by atoms with Gasteiger partial charge in [0.25, 0.3) is 0 Å². The lowest BCUT2D eigenvalue weighted by molar-refractivity contribution is -0.117. The zero-order valence-electron chi connectivity index (χ0n) is 12.2. The quantitative estimate of drug-likeness (QED) is 0.882. The standard InChI is InChI=1S/C16H21ClN2O.ClH/c1-10-14(17)3-2-4-15(10)19-16(20)9-11-7-12-5-6-13(8-11)18-12;/h2-4,11-13,18H,5-9H2,1H3,(H,19,20);1H. The Hall–Kier alpha value is -0.770. The zero-order valence-corrected chi connectivity index (χ0v) is 13.8. The normalized spacial score (nSPS) is 27.0. The number of benzene rings is 1. The molecule has 2 N–H and O–H groups in total. The molecule has 1 aromatic rings. The third kappa shape index (κ3) is 3.91. The fraction of sp³-hybridized carbons (Fsp3) is 0.562. The summed E-state index contributed by atoms with van der Waals surface area (Å²) in [5.74, 6) is 0.634. The van der Waals surface area contributed by atoms with Gasteiger partial charge in [0.1, 0.15) is 0 Å². The molecular weight excluding hydrogens is 307 g/mol. The van der Waals surface area contributed by atoms with Crippen molar-refractivity contribution < 1.29 is 4.79 Å². The zero-order chi connectivity index (χ0) is 14.1. The molecule has 2 saturated heterocycles. The van der Waals surface area contributed by atoms with E-state index in [1.807, 2.05) is 25.1 Å². The molecule has 0 spiro atoms. The van der Waals surface area contributed by atoms with Crippen LogP contribution in [0.25, 0.3) is 0 Å². The van der Waals surface area contributed by atoms with Crippen LogP contribution in [-0.2, 0) is 4.79 Å². The first-order valence-corrected chi connectivity index (χ1v) is 7.80. The molecule has 2 aliphatic heterocycles. The summed E-state index contributed by atoms with van der Waals surface area (Å²) in [4.78, 5) is 12.2. The van der Waals surface area contributed by atoms with Gasteiger partial charge in [-0.1, -0.05) is 17.7 Å². The average Bonchev–Trinajstić information content (AvgIpc) is 2.74. The van der Waals surface area contributed by atoms with Crippen LogP contribution in [0.2, 0.25) is 5.02 Å². The number of hydrogen-bond donors (Lipinski definition) is 2. The van der Waals surface area contributed by atoms with E-state index in [0.29, 0.717) is 29.4 Å². The number of anilines is 1. The molecule has 21 heavy (non-hydrogen) atoms. The average molecular weight is 329 g/mol. The van der Waals surface area contributed by atoms with Crippen LogP contribution in [-0.4, -0.2) is 18.0 Å². The van der Waals surface area contributed by atoms with E-state index in [2.05, 4.69) is 10.6 Å². The molecule has 1 aromatic carbocycles. The Kier molecular flexibility index (Phi) is 5.53. The van der Waals surface area contributed by atoms with Crippen molar-refractivity contribution in [3.05, 3.63) is 28.8 Å². The molecule has 2 aliphatic rings. The van der Waals surface area contributed by atoms with Gasteiger partial charge in [-0.2, -0.15) is 0 Å². The van der Waals surface area contributed by atoms with E-state index in [4.69, 9.17) is 11.6 Å². The summed E-state index contributed by atoms with van der Waals surface area (Å²) in [5, 5.41) is 7.31. The number of amides is 1. The van der Waals surface area contributed by atoms with Gasteiger partial charge in [0.15, 0.2) is 0 Å². The maximum absolute atomic E-state index is 12.2. The number of carbonyl (C=O) groups is 1. The van der Waals surface area contributed by atoms with Crippen LogP contribution >= 0.6 is 24.0 Å². The minimum Gasteiger partial charge on any atom is -0.326 e. The topological polar surface area (TPSA) is 41.1 Å². The molecule has 2 heterocycles. The van der Waals surface area contributed by atoms with Crippen LogP contribution in [0.3, 0.4) is 0 Å². The van der Waals surface area contributed by atoms with E-state index < -0.39 is 0 Å². The van der Waals surface area contributed by atoms with Gasteiger partial charge >= 0.3 is 0 Å². The number of fused-ring (bicyclic) bond motifs is 2. The molecule has 2 fully saturated rings. The lowest BCUT2D eigenvalue weighted by atomic mass is 9.89. The summed E-state index contributed by atoms with van der Waals surface area (Å²) in [5.41, 5.74) is 1.77. The number of hydrogen-bond acceptors (Lipinski definition) is 2. The Morgan fingerprint density at radius 1 is 1.33 bits per heavy atom. The molecule has 0 aromatic heterocycles. The number of halogens is 2. The first-order valence-electron chi connectivity index (χ1n) is 7.43. The minimum absolute atomic E-state index is 0. The Morgan fingerprint density at radius 2 is 2.00 bits per heavy atom. The second kappa shape index (κ2) is 6.99. The predicted octanol–water partition coefficient (Wildman–Crippen LogP) is 3.93. The Morgan fingerprint density at radius 3 is 2.67 bits per heavy atom. The van der Waals surface area contributed by atoms with Gasteiger partial charge in [-0.15, -0.1) is 12.4 Å². The number of carbonyl (C=O) groups excluding carboxylic acids is 1. The Bertz CT molecular complexity index is 509. The van der Waals surface area contributed by atoms with Crippen LogP contribution in [0.15, 0.2) is 18.2 Å². The third-order valence-corrected chi connectivity index (χ3v) is 5.00. The van der Waals surface area contributed by atoms with Crippen molar-refractivity contribution in [2.45, 2.75) is 51.1 Å². The van der Waals surface area contributed by atoms with Gasteiger partial charge in [0.05, 0.1) is 0 Å². The van der Waals surface area contributed by atoms with Crippen molar-refractivity contribution >= 4 is 35.6 Å². The molecule has 3 rings (SSSR count). The largest absolute Gasteiger partial charge is 0.326 e. The van der Waals surface area contributed by atoms with Crippen LogP contribution in [0.1, 0.15) is 37.7 Å². The maximum Gasteiger partial charge on any atom is 0.224 e. The minimum atomic E-state index is 0. The van der Waals surface area contributed by atoms with Crippen molar-refractivity contribution in [2.75, 3.05) is 5.32 Å². The Balaban J connectivity index is 0.00000161. The molecule has 2 atom stereocenters. The van der Waals surface area contributed by atoms with E-state index >= 15 is 0 Å². The van der Waals surface area contributed by atoms with Gasteiger partial charge in [0, 0.05) is 29.2 Å². The highest BCUT2D eigenvalue weighted by Crippen LogP contribution is 2.33. The molecular formula is C16H22Cl2N2O. The highest BCUT2D eigenvalue weighted by Gasteiger charge is 2.34. The van der Waals surface area contributed by atoms with E-state index in [0.717, 1.165) is 24.1 Å². The highest BCUT2D eigenvalue weighted by molar-refractivity contribution is 6.31. The third-order valence-electron chi connectivity index (χ3n) is 4.59. The second-order valence-electron chi connectivity index (χ2n) is 6.14. The van der Waals surface area contributed by atoms with Gasteiger partial charge in [-0.05, 0) is 56.2 Å². The molecule has 0 saturated carbocycles. The molecule has 1 amide bonds. The lowest BCUT2D eigenvalue weighted by Crippen LogP contribution is -2.39. The monoisotopic (exact) mass is 328 g/mol. The predicted molar refractivity (Wildman–Crippen MR) is 89.4 cm³/mol. The van der Waals surface area contributed by atoms with Gasteiger partial charge in [-0.3, -0.25) is 4.79 Å². The smallest absolute Gasteiger partial charge is 0.224 e. The van der Waals surface area contributed by atoms with Crippen LogP contribution in [0.4, 0.5) is 5.69 Å². The van der Waals surface area contributed by atoms with Crippen molar-refractivity contribution in [1.82, 2.24) is 5.32 Å². The lowest BCUT2D eigenvalue weighted by Gasteiger charge is -2.28.